The highest BCUT2D eigenvalue weighted by atomic mass is 32.2. The summed E-state index contributed by atoms with van der Waals surface area (Å²) >= 11 is 0. The van der Waals surface area contributed by atoms with Gasteiger partial charge in [-0.15, -0.1) is 0 Å². The highest BCUT2D eigenvalue weighted by molar-refractivity contribution is 7.90. The fraction of sp³-hybridized carbons (Fsp3) is 0.500. The van der Waals surface area contributed by atoms with Gasteiger partial charge in [0.2, 0.25) is 0 Å². The third-order valence-corrected chi connectivity index (χ3v) is 5.23. The third kappa shape index (κ3) is 4.40. The van der Waals surface area contributed by atoms with Crippen LogP contribution in [0.3, 0.4) is 0 Å². The second-order valence-electron chi connectivity index (χ2n) is 5.40. The van der Waals surface area contributed by atoms with E-state index in [0.29, 0.717) is 17.5 Å². The van der Waals surface area contributed by atoms with Crippen molar-refractivity contribution in [3.8, 4) is 6.07 Å². The molecule has 5 heteroatoms. The van der Waals surface area contributed by atoms with Crippen molar-refractivity contribution < 1.29 is 13.2 Å². The molecule has 1 aromatic rings. The van der Waals surface area contributed by atoms with Crippen molar-refractivity contribution in [3.63, 3.8) is 0 Å². The predicted molar refractivity (Wildman–Crippen MR) is 83.0 cm³/mol. The van der Waals surface area contributed by atoms with Crippen LogP contribution in [-0.4, -0.2) is 20.0 Å². The van der Waals surface area contributed by atoms with Gasteiger partial charge in [-0.3, -0.25) is 4.79 Å². The van der Waals surface area contributed by atoms with E-state index in [9.17, 15) is 13.2 Å². The van der Waals surface area contributed by atoms with Crippen LogP contribution in [0.2, 0.25) is 0 Å². The summed E-state index contributed by atoms with van der Waals surface area (Å²) in [7, 11) is -3.27. The van der Waals surface area contributed by atoms with E-state index in [0.717, 1.165) is 16.7 Å². The molecular formula is C16H21NO3S. The van der Waals surface area contributed by atoms with Crippen LogP contribution in [-0.2, 0) is 15.6 Å². The van der Waals surface area contributed by atoms with Crippen LogP contribution in [0.4, 0.5) is 0 Å². The molecule has 0 saturated heterocycles. The Morgan fingerprint density at radius 3 is 2.38 bits per heavy atom. The van der Waals surface area contributed by atoms with Crippen molar-refractivity contribution in [2.24, 2.45) is 0 Å². The minimum absolute atomic E-state index is 0.00270. The van der Waals surface area contributed by atoms with Gasteiger partial charge in [-0.2, -0.15) is 5.26 Å². The van der Waals surface area contributed by atoms with Crippen molar-refractivity contribution in [2.45, 2.75) is 46.3 Å². The number of hydrogen-bond acceptors (Lipinski definition) is 4. The first-order valence-corrected chi connectivity index (χ1v) is 8.69. The Morgan fingerprint density at radius 1 is 1.24 bits per heavy atom. The Labute approximate surface area is 126 Å². The van der Waals surface area contributed by atoms with Crippen LogP contribution in [0.1, 0.15) is 52.4 Å². The van der Waals surface area contributed by atoms with Crippen LogP contribution >= 0.6 is 0 Å². The summed E-state index contributed by atoms with van der Waals surface area (Å²) in [6, 6.07) is 3.81. The number of rotatable bonds is 6. The number of nitrogens with zero attached hydrogens (tertiary/aromatic N) is 1. The summed E-state index contributed by atoms with van der Waals surface area (Å²) in [5.74, 6) is -0.118. The monoisotopic (exact) mass is 307 g/mol. The van der Waals surface area contributed by atoms with Gasteiger partial charge < -0.3 is 0 Å². The zero-order valence-electron chi connectivity index (χ0n) is 13.0. The summed E-state index contributed by atoms with van der Waals surface area (Å²) < 4.78 is 24.3. The van der Waals surface area contributed by atoms with Crippen molar-refractivity contribution >= 4 is 15.6 Å². The highest BCUT2D eigenvalue weighted by Crippen LogP contribution is 2.25. The van der Waals surface area contributed by atoms with Gasteiger partial charge >= 0.3 is 0 Å². The van der Waals surface area contributed by atoms with E-state index < -0.39 is 9.84 Å². The molecule has 0 aromatic heterocycles. The van der Waals surface area contributed by atoms with Crippen LogP contribution in [0.25, 0.3) is 0 Å². The molecule has 0 aliphatic carbocycles. The van der Waals surface area contributed by atoms with Crippen molar-refractivity contribution in [3.05, 3.63) is 33.9 Å². The lowest BCUT2D eigenvalue weighted by Crippen LogP contribution is -2.13. The van der Waals surface area contributed by atoms with Gasteiger partial charge in [0.25, 0.3) is 0 Å². The molecular weight excluding hydrogens is 286 g/mol. The van der Waals surface area contributed by atoms with E-state index in [4.69, 9.17) is 5.26 Å². The van der Waals surface area contributed by atoms with Crippen molar-refractivity contribution in [1.82, 2.24) is 0 Å². The van der Waals surface area contributed by atoms with E-state index in [2.05, 4.69) is 0 Å². The van der Waals surface area contributed by atoms with Gasteiger partial charge in [0.1, 0.15) is 0 Å². The smallest absolute Gasteiger partial charge is 0.160 e. The molecule has 0 aliphatic heterocycles. The van der Waals surface area contributed by atoms with Crippen LogP contribution in [0.15, 0.2) is 6.07 Å². The topological polar surface area (TPSA) is 75.0 Å². The average molecular weight is 307 g/mol. The molecule has 0 atom stereocenters. The van der Waals surface area contributed by atoms with Gasteiger partial charge in [0, 0.05) is 12.0 Å². The minimum Gasteiger partial charge on any atom is -0.294 e. The van der Waals surface area contributed by atoms with E-state index in [-0.39, 0.29) is 23.7 Å². The molecule has 114 valence electrons. The molecule has 0 fully saturated rings. The van der Waals surface area contributed by atoms with Crippen LogP contribution < -0.4 is 0 Å². The third-order valence-electron chi connectivity index (χ3n) is 3.59. The van der Waals surface area contributed by atoms with Gasteiger partial charge in [-0.05, 0) is 56.4 Å². The van der Waals surface area contributed by atoms with Crippen LogP contribution in [0.5, 0.6) is 0 Å². The molecule has 0 amide bonds. The van der Waals surface area contributed by atoms with E-state index in [1.54, 1.807) is 6.92 Å². The second-order valence-corrected chi connectivity index (χ2v) is 7.58. The molecule has 0 aliphatic rings. The molecule has 1 aromatic carbocycles. The van der Waals surface area contributed by atoms with E-state index in [1.807, 2.05) is 26.0 Å². The SMILES string of the molecule is CC(=O)c1c(C)cc(C)c(CS(=O)(=O)CCCC#N)c1C. The summed E-state index contributed by atoms with van der Waals surface area (Å²) in [5, 5.41) is 8.49. The van der Waals surface area contributed by atoms with Gasteiger partial charge in [-0.25, -0.2) is 8.42 Å². The number of carbonyl (C=O) groups excluding carboxylic acids is 1. The lowest BCUT2D eigenvalue weighted by atomic mass is 9.92. The molecule has 0 spiro atoms. The Hall–Kier alpha value is -1.67. The quantitative estimate of drug-likeness (QED) is 0.598. The second kappa shape index (κ2) is 6.86. The number of hydrogen-bond donors (Lipinski definition) is 0. The molecule has 0 bridgehead atoms. The first kappa shape index (κ1) is 17.4. The Bertz CT molecular complexity index is 697. The number of benzene rings is 1. The predicted octanol–water partition coefficient (Wildman–Crippen LogP) is 3.03. The maximum Gasteiger partial charge on any atom is 0.160 e. The molecule has 0 N–H and O–H groups in total. The summed E-state index contributed by atoms with van der Waals surface area (Å²) in [6.45, 7) is 7.03. The summed E-state index contributed by atoms with van der Waals surface area (Å²) in [6.07, 6.45) is 0.589. The van der Waals surface area contributed by atoms with Gasteiger partial charge in [-0.1, -0.05) is 6.07 Å². The van der Waals surface area contributed by atoms with Gasteiger partial charge in [0.15, 0.2) is 15.6 Å². The first-order valence-electron chi connectivity index (χ1n) is 6.87. The standard InChI is InChI=1S/C16H21NO3S/c1-11-9-12(2)16(14(4)18)13(3)15(11)10-21(19,20)8-6-5-7-17/h9H,5-6,8,10H2,1-4H3. The molecule has 0 unspecified atom stereocenters. The fourth-order valence-corrected chi connectivity index (χ4v) is 4.27. The number of sulfone groups is 1. The highest BCUT2D eigenvalue weighted by Gasteiger charge is 2.19. The van der Waals surface area contributed by atoms with Crippen LogP contribution in [0, 0.1) is 32.1 Å². The van der Waals surface area contributed by atoms with Gasteiger partial charge in [0.05, 0.1) is 17.6 Å². The number of ketones is 1. The zero-order chi connectivity index (χ0) is 16.2. The number of unbranched alkanes of at least 4 members (excludes halogenated alkanes) is 1. The normalized spacial score (nSPS) is 11.2. The minimum atomic E-state index is -3.27. The molecule has 21 heavy (non-hydrogen) atoms. The van der Waals surface area contributed by atoms with Crippen molar-refractivity contribution in [1.29, 1.82) is 5.26 Å². The zero-order valence-corrected chi connectivity index (χ0v) is 13.8. The summed E-state index contributed by atoms with van der Waals surface area (Å²) in [4.78, 5) is 11.7. The molecule has 1 rings (SSSR count). The Balaban J connectivity index is 3.18. The number of Topliss-reactive ketones (excluding diaryl/α,β-unsaturated/α-hetero) is 1. The van der Waals surface area contributed by atoms with E-state index >= 15 is 0 Å². The largest absolute Gasteiger partial charge is 0.294 e. The maximum absolute atomic E-state index is 12.2. The van der Waals surface area contributed by atoms with E-state index in [1.165, 1.54) is 6.92 Å². The first-order chi connectivity index (χ1) is 9.69. The summed E-state index contributed by atoms with van der Waals surface area (Å²) in [5.41, 5.74) is 3.84. The molecule has 0 saturated carbocycles. The number of aryl methyl sites for hydroxylation is 2. The van der Waals surface area contributed by atoms with Crippen molar-refractivity contribution in [2.75, 3.05) is 5.75 Å². The lowest BCUT2D eigenvalue weighted by Gasteiger charge is -2.16. The number of nitriles is 1. The fourth-order valence-electron chi connectivity index (χ4n) is 2.65. The molecule has 4 nitrogen and oxygen atoms in total. The Morgan fingerprint density at radius 2 is 1.86 bits per heavy atom. The molecule has 0 radical (unpaired) electrons. The lowest BCUT2D eigenvalue weighted by molar-refractivity contribution is 0.101. The maximum atomic E-state index is 12.2. The number of carbonyl (C=O) groups is 1. The average Bonchev–Trinajstić information content (AvgIpc) is 2.34. The Kier molecular flexibility index (Phi) is 5.68. The molecule has 0 heterocycles.